The highest BCUT2D eigenvalue weighted by Gasteiger charge is 2.24. The topological polar surface area (TPSA) is 32.8 Å². The van der Waals surface area contributed by atoms with E-state index in [1.807, 2.05) is 0 Å². The van der Waals surface area contributed by atoms with E-state index in [4.69, 9.17) is 8.83 Å². The number of anilines is 6. The molecule has 0 N–H and O–H groups in total. The SMILES string of the molecule is Cc1ccccc1N(c1ccc2cc3c(cc2c1)oc1c3cc(C(C)C)c2c3cc4ccc(N(c5ccccc5C)c5c(C)cccc5C)cc4cc3oc12)c1c(C)cccc1C. The summed E-state index contributed by atoms with van der Waals surface area (Å²) >= 11 is 0. The number of benzene rings is 9. The summed E-state index contributed by atoms with van der Waals surface area (Å²) in [5, 5.41) is 8.99. The zero-order chi connectivity index (χ0) is 43.3. The molecule has 0 aliphatic heterocycles. The van der Waals surface area contributed by atoms with E-state index in [0.29, 0.717) is 0 Å². The maximum absolute atomic E-state index is 6.99. The molecule has 0 aliphatic rings. The first-order valence-electron chi connectivity index (χ1n) is 22.1. The molecular weight excluding hydrogens is 769 g/mol. The van der Waals surface area contributed by atoms with E-state index >= 15 is 0 Å². The smallest absolute Gasteiger partial charge is 0.178 e. The highest BCUT2D eigenvalue weighted by Crippen LogP contribution is 2.47. The Morgan fingerprint density at radius 3 is 1.32 bits per heavy atom. The summed E-state index contributed by atoms with van der Waals surface area (Å²) in [6.07, 6.45) is 0. The van der Waals surface area contributed by atoms with Gasteiger partial charge in [-0.1, -0.05) is 98.8 Å². The van der Waals surface area contributed by atoms with E-state index in [-0.39, 0.29) is 5.92 Å². The van der Waals surface area contributed by atoms with Crippen LogP contribution in [-0.2, 0) is 0 Å². The molecule has 0 saturated heterocycles. The van der Waals surface area contributed by atoms with Crippen molar-refractivity contribution in [1.82, 2.24) is 0 Å². The standard InChI is InChI=1S/C59H50N2O2/c1-34(2)47-33-49-48-29-41-23-25-45(60(51-21-11-9-15-35(51)3)56-37(5)17-13-18-38(56)6)27-43(41)31-53(48)62-58(49)59-55(47)50-30-42-24-26-46(28-44(42)32-54(50)63-59)61(52-22-12-10-16-36(52)4)57-39(7)19-14-20-40(57)8/h9-34H,1-8H3. The lowest BCUT2D eigenvalue weighted by molar-refractivity contribution is 0.633. The van der Waals surface area contributed by atoms with Crippen molar-refractivity contribution in [1.29, 1.82) is 0 Å². The fourth-order valence-corrected chi connectivity index (χ4v) is 10.1. The van der Waals surface area contributed by atoms with E-state index < -0.39 is 0 Å². The fourth-order valence-electron chi connectivity index (χ4n) is 10.1. The quantitative estimate of drug-likeness (QED) is 0.160. The summed E-state index contributed by atoms with van der Waals surface area (Å²) in [6.45, 7) is 17.7. The van der Waals surface area contributed by atoms with Gasteiger partial charge in [0.2, 0.25) is 0 Å². The minimum absolute atomic E-state index is 0.265. The first kappa shape index (κ1) is 38.6. The molecule has 0 fully saturated rings. The molecular formula is C59H50N2O2. The summed E-state index contributed by atoms with van der Waals surface area (Å²) in [4.78, 5) is 4.82. The van der Waals surface area contributed by atoms with Gasteiger partial charge in [0.1, 0.15) is 11.2 Å². The number of rotatable bonds is 7. The maximum Gasteiger partial charge on any atom is 0.178 e. The van der Waals surface area contributed by atoms with Crippen LogP contribution in [0.3, 0.4) is 0 Å². The van der Waals surface area contributed by atoms with Gasteiger partial charge in [-0.05, 0) is 175 Å². The van der Waals surface area contributed by atoms with Crippen LogP contribution in [0.15, 0.2) is 160 Å². The van der Waals surface area contributed by atoms with E-state index in [9.17, 15) is 0 Å². The average Bonchev–Trinajstić information content (AvgIpc) is 3.82. The molecule has 0 saturated carbocycles. The summed E-state index contributed by atoms with van der Waals surface area (Å²) in [5.74, 6) is 0.265. The number of hydrogen-bond acceptors (Lipinski definition) is 4. The Balaban J connectivity index is 1.09. The average molecular weight is 819 g/mol. The van der Waals surface area contributed by atoms with Crippen LogP contribution in [-0.4, -0.2) is 0 Å². The molecule has 308 valence electrons. The number of fused-ring (bicyclic) bond motifs is 9. The Kier molecular flexibility index (Phi) is 8.99. The van der Waals surface area contributed by atoms with Crippen molar-refractivity contribution >= 4 is 99.5 Å². The molecule has 0 amide bonds. The Bertz CT molecular complexity index is 3600. The highest BCUT2D eigenvalue weighted by atomic mass is 16.4. The molecule has 63 heavy (non-hydrogen) atoms. The third kappa shape index (κ3) is 6.19. The van der Waals surface area contributed by atoms with Crippen LogP contribution in [0.25, 0.3) is 65.4 Å². The molecule has 4 nitrogen and oxygen atoms in total. The van der Waals surface area contributed by atoms with E-state index in [0.717, 1.165) is 66.0 Å². The third-order valence-corrected chi connectivity index (χ3v) is 13.3. The molecule has 4 heteroatoms. The van der Waals surface area contributed by atoms with Gasteiger partial charge in [-0.3, -0.25) is 0 Å². The Morgan fingerprint density at radius 2 is 0.825 bits per heavy atom. The molecule has 0 spiro atoms. The van der Waals surface area contributed by atoms with E-state index in [1.54, 1.807) is 0 Å². The van der Waals surface area contributed by atoms with Crippen LogP contribution < -0.4 is 9.80 Å². The summed E-state index contributed by atoms with van der Waals surface area (Å²) in [7, 11) is 0. The molecule has 2 aromatic heterocycles. The van der Waals surface area contributed by atoms with Crippen molar-refractivity contribution in [3.05, 3.63) is 191 Å². The second kappa shape index (κ2) is 14.7. The van der Waals surface area contributed by atoms with Crippen LogP contribution in [0.1, 0.15) is 58.7 Å². The number of nitrogens with zero attached hydrogens (tertiary/aromatic N) is 2. The predicted molar refractivity (Wildman–Crippen MR) is 268 cm³/mol. The molecule has 0 radical (unpaired) electrons. The fraction of sp³-hybridized carbons (Fsp3) is 0.153. The largest absolute Gasteiger partial charge is 0.452 e. The number of hydrogen-bond donors (Lipinski definition) is 0. The van der Waals surface area contributed by atoms with Crippen molar-refractivity contribution in [2.24, 2.45) is 0 Å². The molecule has 9 aromatic carbocycles. The van der Waals surface area contributed by atoms with Crippen LogP contribution in [0.5, 0.6) is 0 Å². The summed E-state index contributed by atoms with van der Waals surface area (Å²) in [6, 6.07) is 55.4. The van der Waals surface area contributed by atoms with Gasteiger partial charge in [0.15, 0.2) is 11.2 Å². The minimum atomic E-state index is 0.265. The Hall–Kier alpha value is -7.30. The predicted octanol–water partition coefficient (Wildman–Crippen LogP) is 17.7. The maximum atomic E-state index is 6.99. The van der Waals surface area contributed by atoms with E-state index in [1.165, 1.54) is 72.5 Å². The zero-order valence-corrected chi connectivity index (χ0v) is 37.2. The third-order valence-electron chi connectivity index (χ3n) is 13.3. The number of para-hydroxylation sites is 4. The van der Waals surface area contributed by atoms with Gasteiger partial charge in [-0.25, -0.2) is 0 Å². The number of furan rings is 2. The van der Waals surface area contributed by atoms with Gasteiger partial charge in [0.05, 0.1) is 11.4 Å². The van der Waals surface area contributed by atoms with Gasteiger partial charge >= 0.3 is 0 Å². The second-order valence-electron chi connectivity index (χ2n) is 17.9. The van der Waals surface area contributed by atoms with Gasteiger partial charge in [-0.15, -0.1) is 0 Å². The molecule has 11 aromatic rings. The Morgan fingerprint density at radius 1 is 0.381 bits per heavy atom. The second-order valence-corrected chi connectivity index (χ2v) is 17.9. The molecule has 11 rings (SSSR count). The lowest BCUT2D eigenvalue weighted by Gasteiger charge is -2.30. The number of aryl methyl sites for hydroxylation is 6. The lowest BCUT2D eigenvalue weighted by atomic mass is 9.94. The van der Waals surface area contributed by atoms with Gasteiger partial charge in [-0.2, -0.15) is 0 Å². The van der Waals surface area contributed by atoms with Crippen LogP contribution >= 0.6 is 0 Å². The molecule has 2 heterocycles. The first-order valence-corrected chi connectivity index (χ1v) is 22.1. The van der Waals surface area contributed by atoms with Crippen LogP contribution in [0.4, 0.5) is 34.1 Å². The van der Waals surface area contributed by atoms with Crippen molar-refractivity contribution in [3.8, 4) is 0 Å². The normalized spacial score (nSPS) is 12.0. The van der Waals surface area contributed by atoms with Crippen molar-refractivity contribution in [2.75, 3.05) is 9.80 Å². The van der Waals surface area contributed by atoms with E-state index in [2.05, 4.69) is 217 Å². The Labute approximate surface area is 368 Å². The summed E-state index contributed by atoms with van der Waals surface area (Å²) < 4.78 is 13.9. The summed E-state index contributed by atoms with van der Waals surface area (Å²) in [5.41, 5.74) is 18.9. The van der Waals surface area contributed by atoms with Crippen LogP contribution in [0, 0.1) is 41.5 Å². The first-order chi connectivity index (χ1) is 30.5. The molecule has 0 atom stereocenters. The molecule has 0 aliphatic carbocycles. The lowest BCUT2D eigenvalue weighted by Crippen LogP contribution is -2.14. The van der Waals surface area contributed by atoms with Crippen LogP contribution in [0.2, 0.25) is 0 Å². The molecule has 0 bridgehead atoms. The monoisotopic (exact) mass is 818 g/mol. The molecule has 0 unspecified atom stereocenters. The van der Waals surface area contributed by atoms with Crippen molar-refractivity contribution in [2.45, 2.75) is 61.3 Å². The van der Waals surface area contributed by atoms with Gasteiger partial charge < -0.3 is 18.6 Å². The van der Waals surface area contributed by atoms with Gasteiger partial charge in [0.25, 0.3) is 0 Å². The van der Waals surface area contributed by atoms with Crippen molar-refractivity contribution < 1.29 is 8.83 Å². The zero-order valence-electron chi connectivity index (χ0n) is 37.2. The highest BCUT2D eigenvalue weighted by molar-refractivity contribution is 6.23. The minimum Gasteiger partial charge on any atom is -0.452 e. The van der Waals surface area contributed by atoms with Crippen molar-refractivity contribution in [3.63, 3.8) is 0 Å². The van der Waals surface area contributed by atoms with Gasteiger partial charge in [0, 0.05) is 44.3 Å².